The molecule has 3 unspecified atom stereocenters. The molecule has 4 aromatic rings. The molecule has 3 heterocycles. The van der Waals surface area contributed by atoms with Crippen LogP contribution in [0.3, 0.4) is 0 Å². The minimum Gasteiger partial charge on any atom is -0.497 e. The molecule has 1 N–H and O–H groups in total. The highest BCUT2D eigenvalue weighted by Crippen LogP contribution is 2.54. The van der Waals surface area contributed by atoms with Crippen molar-refractivity contribution in [2.45, 2.75) is 36.6 Å². The lowest BCUT2D eigenvalue weighted by Crippen LogP contribution is -2.33. The Balaban J connectivity index is 1.39. The first-order chi connectivity index (χ1) is 21.3. The Bertz CT molecular complexity index is 1750. The van der Waals surface area contributed by atoms with E-state index in [0.717, 1.165) is 35.7 Å². The van der Waals surface area contributed by atoms with Crippen LogP contribution in [0.4, 0.5) is 17.1 Å². The third kappa shape index (κ3) is 5.30. The van der Waals surface area contributed by atoms with Crippen LogP contribution in [-0.2, 0) is 20.9 Å². The van der Waals surface area contributed by atoms with Gasteiger partial charge in [-0.3, -0.25) is 23.7 Å². The van der Waals surface area contributed by atoms with Gasteiger partial charge in [-0.05, 0) is 67.9 Å². The van der Waals surface area contributed by atoms with E-state index in [-0.39, 0.29) is 29.1 Å². The van der Waals surface area contributed by atoms with Gasteiger partial charge in [0.15, 0.2) is 0 Å². The second kappa shape index (κ2) is 12.3. The number of hydrogen-bond donors (Lipinski definition) is 1. The number of imide groups is 1. The molecule has 3 amide bonds. The number of methoxy groups -OCH3 is 1. The van der Waals surface area contributed by atoms with Crippen LogP contribution in [0.2, 0.25) is 0 Å². The number of fused-ring (bicyclic) bond motifs is 2. The fourth-order valence-corrected chi connectivity index (χ4v) is 8.72. The Morgan fingerprint density at radius 3 is 2.23 bits per heavy atom. The molecule has 0 aliphatic carbocycles. The minimum absolute atomic E-state index is 0.223. The summed E-state index contributed by atoms with van der Waals surface area (Å²) in [5, 5.41) is 2.65. The molecule has 3 atom stereocenters. The zero-order valence-electron chi connectivity index (χ0n) is 24.6. The van der Waals surface area contributed by atoms with E-state index in [1.54, 1.807) is 55.6 Å². The number of nitrogens with zero attached hydrogens (tertiary/aromatic N) is 3. The predicted molar refractivity (Wildman–Crippen MR) is 174 cm³/mol. The van der Waals surface area contributed by atoms with Gasteiger partial charge in [0.25, 0.3) is 0 Å². The zero-order valence-corrected chi connectivity index (χ0v) is 26.2. The fourth-order valence-electron chi connectivity index (χ4n) is 5.95. The monoisotopic (exact) mass is 628 g/mol. The quantitative estimate of drug-likeness (QED) is 0.255. The number of benzene rings is 3. The highest BCUT2D eigenvalue weighted by Gasteiger charge is 2.56. The maximum Gasteiger partial charge on any atom is 0.308 e. The SMILES string of the molecule is CCN(CC)c1ccc(C2c3sc(=O)n(CC(=O)Nc4ccc(OC)cc4)c3SC3C(=O)N(c4ccccc4)C(=O)C32)cc1. The molecular weight excluding hydrogens is 597 g/mol. The van der Waals surface area contributed by atoms with Crippen LogP contribution >= 0.6 is 23.1 Å². The van der Waals surface area contributed by atoms with Gasteiger partial charge in [-0.2, -0.15) is 0 Å². The average Bonchev–Trinajstić information content (AvgIpc) is 3.48. The summed E-state index contributed by atoms with van der Waals surface area (Å²) in [6, 6.07) is 23.9. The number of para-hydroxylation sites is 1. The summed E-state index contributed by atoms with van der Waals surface area (Å²) >= 11 is 2.25. The molecular formula is C33H32N4O5S2. The second-order valence-electron chi connectivity index (χ2n) is 10.6. The molecule has 2 aliphatic rings. The first-order valence-corrected chi connectivity index (χ1v) is 16.2. The van der Waals surface area contributed by atoms with Crippen LogP contribution in [0, 0.1) is 5.92 Å². The van der Waals surface area contributed by atoms with E-state index in [2.05, 4.69) is 24.1 Å². The normalized spacial score (nSPS) is 19.0. The Labute approximate surface area is 263 Å². The van der Waals surface area contributed by atoms with Crippen molar-refractivity contribution in [1.29, 1.82) is 0 Å². The Morgan fingerprint density at radius 1 is 0.909 bits per heavy atom. The summed E-state index contributed by atoms with van der Waals surface area (Å²) in [5.74, 6) is -1.53. The van der Waals surface area contributed by atoms with Gasteiger partial charge in [-0.25, -0.2) is 4.90 Å². The van der Waals surface area contributed by atoms with Gasteiger partial charge < -0.3 is 15.0 Å². The summed E-state index contributed by atoms with van der Waals surface area (Å²) in [6.07, 6.45) is 0. The fraction of sp³-hybridized carbons (Fsp3) is 0.273. The maximum absolute atomic E-state index is 14.1. The lowest BCUT2D eigenvalue weighted by atomic mass is 9.83. The van der Waals surface area contributed by atoms with E-state index in [1.165, 1.54) is 21.2 Å². The van der Waals surface area contributed by atoms with E-state index < -0.39 is 17.1 Å². The number of thioether (sulfide) groups is 1. The summed E-state index contributed by atoms with van der Waals surface area (Å²) in [6.45, 7) is 5.68. The third-order valence-electron chi connectivity index (χ3n) is 8.12. The van der Waals surface area contributed by atoms with Crippen molar-refractivity contribution in [2.75, 3.05) is 35.3 Å². The molecule has 44 heavy (non-hydrogen) atoms. The number of hydrogen-bond acceptors (Lipinski definition) is 8. The lowest BCUT2D eigenvalue weighted by Gasteiger charge is -2.31. The van der Waals surface area contributed by atoms with Crippen LogP contribution in [0.25, 0.3) is 0 Å². The molecule has 0 saturated carbocycles. The number of nitrogens with one attached hydrogen (secondary N) is 1. The highest BCUT2D eigenvalue weighted by molar-refractivity contribution is 8.00. The van der Waals surface area contributed by atoms with Gasteiger partial charge in [-0.15, -0.1) is 0 Å². The van der Waals surface area contributed by atoms with Gasteiger partial charge in [-0.1, -0.05) is 53.4 Å². The van der Waals surface area contributed by atoms with E-state index >= 15 is 0 Å². The maximum atomic E-state index is 14.1. The van der Waals surface area contributed by atoms with Crippen molar-refractivity contribution in [3.8, 4) is 5.75 Å². The second-order valence-corrected chi connectivity index (χ2v) is 12.7. The lowest BCUT2D eigenvalue weighted by molar-refractivity contribution is -0.122. The molecule has 2 aliphatic heterocycles. The molecule has 3 aromatic carbocycles. The standard InChI is InChI=1S/C33H32N4O5S2/c1-4-35(5-2)22-15-11-20(12-16-22)26-27-28(31(40)37(30(27)39)23-9-7-6-8-10-23)43-32-29(26)44-33(41)36(32)19-25(38)34-21-13-17-24(42-3)18-14-21/h6-18,26-28H,4-5,19H2,1-3H3,(H,34,38). The first-order valence-electron chi connectivity index (χ1n) is 14.5. The topological polar surface area (TPSA) is 101 Å². The third-order valence-corrected chi connectivity index (χ3v) is 10.7. The van der Waals surface area contributed by atoms with E-state index in [9.17, 15) is 19.2 Å². The van der Waals surface area contributed by atoms with Crippen LogP contribution in [0.1, 0.15) is 30.2 Å². The summed E-state index contributed by atoms with van der Waals surface area (Å²) in [7, 11) is 1.57. The number of rotatable bonds is 9. The van der Waals surface area contributed by atoms with Crippen molar-refractivity contribution in [3.05, 3.63) is 99.0 Å². The number of carbonyl (C=O) groups is 3. The van der Waals surface area contributed by atoms with Gasteiger partial charge in [0.2, 0.25) is 17.7 Å². The number of ether oxygens (including phenoxy) is 1. The van der Waals surface area contributed by atoms with Crippen LogP contribution in [0.15, 0.2) is 88.7 Å². The van der Waals surface area contributed by atoms with Gasteiger partial charge in [0.1, 0.15) is 17.5 Å². The molecule has 11 heteroatoms. The minimum atomic E-state index is -0.743. The summed E-state index contributed by atoms with van der Waals surface area (Å²) in [5.41, 5.74) is 3.00. The van der Waals surface area contributed by atoms with Crippen molar-refractivity contribution in [1.82, 2.24) is 4.57 Å². The molecule has 9 nitrogen and oxygen atoms in total. The van der Waals surface area contributed by atoms with E-state index in [1.807, 2.05) is 30.3 Å². The smallest absolute Gasteiger partial charge is 0.308 e. The average molecular weight is 629 g/mol. The van der Waals surface area contributed by atoms with Crippen molar-refractivity contribution < 1.29 is 19.1 Å². The van der Waals surface area contributed by atoms with Gasteiger partial charge >= 0.3 is 4.87 Å². The molecule has 0 radical (unpaired) electrons. The zero-order chi connectivity index (χ0) is 31.0. The number of amides is 3. The highest BCUT2D eigenvalue weighted by atomic mass is 32.2. The molecule has 1 aromatic heterocycles. The molecule has 0 bridgehead atoms. The van der Waals surface area contributed by atoms with Crippen molar-refractivity contribution in [3.63, 3.8) is 0 Å². The largest absolute Gasteiger partial charge is 0.497 e. The molecule has 226 valence electrons. The Morgan fingerprint density at radius 2 is 1.59 bits per heavy atom. The number of aromatic nitrogens is 1. The molecule has 0 spiro atoms. The number of carbonyl (C=O) groups excluding carboxylic acids is 3. The van der Waals surface area contributed by atoms with Crippen LogP contribution in [0.5, 0.6) is 5.75 Å². The molecule has 1 fully saturated rings. The number of anilines is 3. The Kier molecular flexibility index (Phi) is 8.33. The van der Waals surface area contributed by atoms with Crippen LogP contribution < -0.4 is 24.7 Å². The van der Waals surface area contributed by atoms with Gasteiger partial charge in [0, 0.05) is 35.3 Å². The van der Waals surface area contributed by atoms with Crippen molar-refractivity contribution >= 4 is 57.9 Å². The van der Waals surface area contributed by atoms with Gasteiger partial charge in [0.05, 0.1) is 23.7 Å². The Hall–Kier alpha value is -4.35. The van der Waals surface area contributed by atoms with E-state index in [0.29, 0.717) is 27.0 Å². The summed E-state index contributed by atoms with van der Waals surface area (Å²) < 4.78 is 6.61. The first kappa shape index (κ1) is 29.7. The summed E-state index contributed by atoms with van der Waals surface area (Å²) in [4.78, 5) is 58.4. The van der Waals surface area contributed by atoms with Crippen LogP contribution in [-0.4, -0.2) is 47.7 Å². The molecule has 6 rings (SSSR count). The van der Waals surface area contributed by atoms with E-state index in [4.69, 9.17) is 4.74 Å². The number of thiazole rings is 1. The predicted octanol–water partition coefficient (Wildman–Crippen LogP) is 5.20. The molecule has 1 saturated heterocycles. The van der Waals surface area contributed by atoms with Crippen molar-refractivity contribution in [2.24, 2.45) is 5.92 Å².